The smallest absolute Gasteiger partial charge is 0.306 e. The van der Waals surface area contributed by atoms with Gasteiger partial charge in [0.05, 0.1) is 0 Å². The van der Waals surface area contributed by atoms with Crippen LogP contribution >= 0.6 is 0 Å². The van der Waals surface area contributed by atoms with Gasteiger partial charge in [-0.1, -0.05) is 85.3 Å². The predicted octanol–water partition coefficient (Wildman–Crippen LogP) is 9.52. The first kappa shape index (κ1) is 27.3. The second-order valence-electron chi connectivity index (χ2n) is 14.1. The molecule has 0 amide bonds. The number of allylic oxidation sites excluding steroid dienone is 1. The van der Waals surface area contributed by atoms with Crippen LogP contribution in [0.15, 0.2) is 11.6 Å². The molecule has 3 fully saturated rings. The molecule has 35 heavy (non-hydrogen) atoms. The molecule has 0 heterocycles. The molecule has 0 spiro atoms. The van der Waals surface area contributed by atoms with E-state index in [0.717, 1.165) is 67.6 Å². The third kappa shape index (κ3) is 5.57. The molecule has 2 nitrogen and oxygen atoms in total. The van der Waals surface area contributed by atoms with Crippen LogP contribution in [0.5, 0.6) is 0 Å². The minimum absolute atomic E-state index is 0.0364. The van der Waals surface area contributed by atoms with E-state index in [1.54, 1.807) is 5.57 Å². The summed E-state index contributed by atoms with van der Waals surface area (Å²) >= 11 is 0. The lowest BCUT2D eigenvalue weighted by Crippen LogP contribution is -2.51. The predicted molar refractivity (Wildman–Crippen MR) is 147 cm³/mol. The topological polar surface area (TPSA) is 26.3 Å². The van der Waals surface area contributed by atoms with Gasteiger partial charge in [-0.2, -0.15) is 0 Å². The lowest BCUT2D eigenvalue weighted by molar-refractivity contribution is -0.151. The van der Waals surface area contributed by atoms with E-state index in [1.165, 1.54) is 57.8 Å². The lowest BCUT2D eigenvalue weighted by Gasteiger charge is -2.58. The molecular formula is C33H56O2. The fraction of sp³-hybridized carbons (Fsp3) is 0.909. The van der Waals surface area contributed by atoms with E-state index in [4.69, 9.17) is 4.74 Å². The molecule has 0 aliphatic heterocycles. The number of rotatable bonds is 10. The Morgan fingerprint density at radius 2 is 1.80 bits per heavy atom. The zero-order valence-electron chi connectivity index (χ0n) is 24.0. The van der Waals surface area contributed by atoms with E-state index >= 15 is 0 Å². The average molecular weight is 485 g/mol. The van der Waals surface area contributed by atoms with Crippen LogP contribution in [0.1, 0.15) is 138 Å². The number of hydrogen-bond acceptors (Lipinski definition) is 2. The first-order valence-corrected chi connectivity index (χ1v) is 15.6. The summed E-state index contributed by atoms with van der Waals surface area (Å²) in [5, 5.41) is 0. The SMILES string of the molecule is CCCCCC(=O)O[C@H]1CC[C@@]2(C)C(=CC[C@@H]3[C@@H]2CC[C@]2(C)C([C@H](C)CCCC(C)C)CC[C@@H]32)C1. The molecule has 8 atom stereocenters. The van der Waals surface area contributed by atoms with Gasteiger partial charge in [-0.05, 0) is 97.7 Å². The normalized spacial score (nSPS) is 39.4. The number of unbranched alkanes of at least 4 members (excludes halogenated alkanes) is 2. The Balaban J connectivity index is 1.39. The highest BCUT2D eigenvalue weighted by atomic mass is 16.5. The van der Waals surface area contributed by atoms with Crippen molar-refractivity contribution in [2.45, 2.75) is 144 Å². The molecular weight excluding hydrogens is 428 g/mol. The van der Waals surface area contributed by atoms with Crippen LogP contribution in [0.25, 0.3) is 0 Å². The van der Waals surface area contributed by atoms with Crippen molar-refractivity contribution in [3.8, 4) is 0 Å². The summed E-state index contributed by atoms with van der Waals surface area (Å²) in [5.41, 5.74) is 2.54. The van der Waals surface area contributed by atoms with Crippen LogP contribution in [0.2, 0.25) is 0 Å². The summed E-state index contributed by atoms with van der Waals surface area (Å²) in [4.78, 5) is 12.4. The Labute approximate surface area is 217 Å². The summed E-state index contributed by atoms with van der Waals surface area (Å²) in [7, 11) is 0. The van der Waals surface area contributed by atoms with Gasteiger partial charge < -0.3 is 4.74 Å². The standard InChI is InChI=1S/C33H56O2/c1-7-8-9-13-31(34)35-26-18-20-32(5)25(22-26)14-15-27-29-17-16-28(24(4)12-10-11-23(2)3)33(29,6)21-19-30(27)32/h14,23-24,26-30H,7-13,15-22H2,1-6H3/t24-,26+,27+,28?,29+,30+,32+,33-/m1/s1. The first-order valence-electron chi connectivity index (χ1n) is 15.6. The Morgan fingerprint density at radius 3 is 2.54 bits per heavy atom. The van der Waals surface area contributed by atoms with Gasteiger partial charge >= 0.3 is 5.97 Å². The Bertz CT molecular complexity index is 752. The zero-order valence-corrected chi connectivity index (χ0v) is 24.0. The Morgan fingerprint density at radius 1 is 1.00 bits per heavy atom. The summed E-state index contributed by atoms with van der Waals surface area (Å²) in [5.74, 6) is 5.33. The fourth-order valence-corrected chi connectivity index (χ4v) is 9.52. The summed E-state index contributed by atoms with van der Waals surface area (Å²) in [6.45, 7) is 14.8. The zero-order chi connectivity index (χ0) is 25.2. The average Bonchev–Trinajstić information content (AvgIpc) is 3.16. The monoisotopic (exact) mass is 484 g/mol. The molecule has 0 N–H and O–H groups in total. The van der Waals surface area contributed by atoms with Crippen molar-refractivity contribution in [2.75, 3.05) is 0 Å². The maximum atomic E-state index is 12.4. The van der Waals surface area contributed by atoms with Crippen molar-refractivity contribution >= 4 is 5.97 Å². The molecule has 0 radical (unpaired) electrons. The van der Waals surface area contributed by atoms with Crippen molar-refractivity contribution in [1.29, 1.82) is 0 Å². The highest BCUT2D eigenvalue weighted by Gasteiger charge is 2.59. The Hall–Kier alpha value is -0.790. The molecule has 1 unspecified atom stereocenters. The van der Waals surface area contributed by atoms with Crippen LogP contribution < -0.4 is 0 Å². The van der Waals surface area contributed by atoms with Crippen LogP contribution in [-0.2, 0) is 9.53 Å². The molecule has 200 valence electrons. The summed E-state index contributed by atoms with van der Waals surface area (Å²) in [6.07, 6.45) is 21.2. The summed E-state index contributed by atoms with van der Waals surface area (Å²) in [6, 6.07) is 0. The van der Waals surface area contributed by atoms with Crippen molar-refractivity contribution in [3.63, 3.8) is 0 Å². The van der Waals surface area contributed by atoms with Gasteiger partial charge in [0, 0.05) is 12.8 Å². The number of carbonyl (C=O) groups excluding carboxylic acids is 1. The molecule has 4 aliphatic carbocycles. The molecule has 0 bridgehead atoms. The van der Waals surface area contributed by atoms with E-state index in [1.807, 2.05) is 0 Å². The van der Waals surface area contributed by atoms with Crippen LogP contribution in [0, 0.1) is 46.3 Å². The van der Waals surface area contributed by atoms with Gasteiger partial charge in [-0.3, -0.25) is 4.79 Å². The number of hydrogen-bond donors (Lipinski definition) is 0. The molecule has 4 aliphatic rings. The van der Waals surface area contributed by atoms with E-state index < -0.39 is 0 Å². The van der Waals surface area contributed by atoms with Crippen LogP contribution in [0.4, 0.5) is 0 Å². The first-order chi connectivity index (χ1) is 16.7. The molecule has 0 aromatic heterocycles. The van der Waals surface area contributed by atoms with Crippen molar-refractivity contribution in [1.82, 2.24) is 0 Å². The maximum Gasteiger partial charge on any atom is 0.306 e. The molecule has 4 rings (SSSR count). The number of carbonyl (C=O) groups is 1. The van der Waals surface area contributed by atoms with E-state index in [9.17, 15) is 4.79 Å². The minimum Gasteiger partial charge on any atom is -0.462 e. The molecule has 0 saturated heterocycles. The Kier molecular flexibility index (Phi) is 8.80. The third-order valence-corrected chi connectivity index (χ3v) is 11.5. The maximum absolute atomic E-state index is 12.4. The lowest BCUT2D eigenvalue weighted by atomic mass is 9.47. The highest BCUT2D eigenvalue weighted by Crippen LogP contribution is 2.67. The van der Waals surface area contributed by atoms with Gasteiger partial charge in [0.15, 0.2) is 0 Å². The second-order valence-corrected chi connectivity index (χ2v) is 14.1. The van der Waals surface area contributed by atoms with Crippen molar-refractivity contribution < 1.29 is 9.53 Å². The minimum atomic E-state index is 0.0364. The molecule has 2 heteroatoms. The molecule has 3 saturated carbocycles. The van der Waals surface area contributed by atoms with Gasteiger partial charge in [-0.15, -0.1) is 0 Å². The second kappa shape index (κ2) is 11.3. The van der Waals surface area contributed by atoms with Crippen molar-refractivity contribution in [2.24, 2.45) is 46.3 Å². The number of fused-ring (bicyclic) bond motifs is 5. The van der Waals surface area contributed by atoms with E-state index in [-0.39, 0.29) is 12.1 Å². The van der Waals surface area contributed by atoms with E-state index in [2.05, 4.69) is 47.6 Å². The quantitative estimate of drug-likeness (QED) is 0.175. The number of ether oxygens (including phenoxy) is 1. The fourth-order valence-electron chi connectivity index (χ4n) is 9.52. The number of esters is 1. The van der Waals surface area contributed by atoms with Gasteiger partial charge in [0.2, 0.25) is 0 Å². The van der Waals surface area contributed by atoms with Gasteiger partial charge in [0.25, 0.3) is 0 Å². The molecule has 0 aromatic carbocycles. The van der Waals surface area contributed by atoms with Gasteiger partial charge in [-0.25, -0.2) is 0 Å². The van der Waals surface area contributed by atoms with Crippen LogP contribution in [-0.4, -0.2) is 12.1 Å². The van der Waals surface area contributed by atoms with Gasteiger partial charge in [0.1, 0.15) is 6.10 Å². The third-order valence-electron chi connectivity index (χ3n) is 11.5. The molecule has 0 aromatic rings. The van der Waals surface area contributed by atoms with E-state index in [0.29, 0.717) is 17.3 Å². The largest absolute Gasteiger partial charge is 0.462 e. The summed E-state index contributed by atoms with van der Waals surface area (Å²) < 4.78 is 5.96. The highest BCUT2D eigenvalue weighted by molar-refractivity contribution is 5.69. The van der Waals surface area contributed by atoms with Crippen molar-refractivity contribution in [3.05, 3.63) is 11.6 Å². The van der Waals surface area contributed by atoms with Crippen LogP contribution in [0.3, 0.4) is 0 Å².